The molecule has 0 bridgehead atoms. The smallest absolute Gasteiger partial charge is 0.305 e. The lowest BCUT2D eigenvalue weighted by atomic mass is 9.99. The van der Waals surface area contributed by atoms with Crippen LogP contribution >= 0.6 is 0 Å². The number of hydrogen-bond donors (Lipinski definition) is 6. The molecule has 7 atom stereocenters. The minimum absolute atomic E-state index is 0.00507. The van der Waals surface area contributed by atoms with E-state index in [1.807, 2.05) is 6.08 Å². The molecule has 1 aliphatic heterocycles. The second-order valence-electron chi connectivity index (χ2n) is 22.5. The first kappa shape index (κ1) is 71.2. The molecule has 0 aromatic rings. The highest BCUT2D eigenvalue weighted by Gasteiger charge is 2.44. The van der Waals surface area contributed by atoms with E-state index in [4.69, 9.17) is 14.2 Å². The number of nitrogens with one attached hydrogen (secondary N) is 1. The Morgan fingerprint density at radius 1 is 0.480 bits per heavy atom. The highest BCUT2D eigenvalue weighted by atomic mass is 16.7. The van der Waals surface area contributed by atoms with Crippen LogP contribution in [0.15, 0.2) is 24.3 Å². The Bertz CT molecular complexity index is 1300. The Balaban J connectivity index is 1.96. The largest absolute Gasteiger partial charge is 0.466 e. The monoisotopic (exact) mass is 1060 g/mol. The number of aliphatic hydroxyl groups is 5. The second-order valence-corrected chi connectivity index (χ2v) is 22.5. The van der Waals surface area contributed by atoms with Gasteiger partial charge in [0, 0.05) is 12.8 Å². The number of aliphatic hydroxyl groups excluding tert-OH is 5. The number of unbranched alkanes of at least 4 members (excludes halogenated alkanes) is 40. The molecule has 0 aromatic carbocycles. The van der Waals surface area contributed by atoms with Crippen molar-refractivity contribution in [3.63, 3.8) is 0 Å². The standard InChI is InChI=1S/C64H121NO10/c1-3-5-7-9-11-13-14-15-25-29-32-36-40-44-48-52-60(69)73-53-49-45-41-37-33-30-27-24-22-20-18-16-17-19-21-23-26-28-31-35-39-43-47-51-59(68)65-56(57(67)50-46-42-38-34-12-10-8-6-4-2)55-74-64-63(72)62(71)61(70)58(54-66)75-64/h15,25,46,50,56-58,61-64,66-67,70-72H,3-14,16-24,26-45,47-49,51-55H2,1-2H3,(H,65,68)/b25-15-,50-46+. The van der Waals surface area contributed by atoms with Crippen LogP contribution in [0.4, 0.5) is 0 Å². The number of carbonyl (C=O) groups is 2. The van der Waals surface area contributed by atoms with Crippen LogP contribution < -0.4 is 5.32 Å². The van der Waals surface area contributed by atoms with Gasteiger partial charge in [0.25, 0.3) is 0 Å². The number of hydrogen-bond acceptors (Lipinski definition) is 10. The van der Waals surface area contributed by atoms with Gasteiger partial charge in [-0.2, -0.15) is 0 Å². The van der Waals surface area contributed by atoms with Gasteiger partial charge in [-0.25, -0.2) is 0 Å². The van der Waals surface area contributed by atoms with Gasteiger partial charge < -0.3 is 45.1 Å². The van der Waals surface area contributed by atoms with Crippen molar-refractivity contribution < 1.29 is 49.3 Å². The third-order valence-electron chi connectivity index (χ3n) is 15.3. The molecule has 11 nitrogen and oxygen atoms in total. The normalized spacial score (nSPS) is 18.8. The zero-order valence-electron chi connectivity index (χ0n) is 48.8. The van der Waals surface area contributed by atoms with E-state index in [-0.39, 0.29) is 18.5 Å². The molecule has 1 saturated heterocycles. The number of ether oxygens (including phenoxy) is 3. The van der Waals surface area contributed by atoms with Crippen molar-refractivity contribution in [2.24, 2.45) is 0 Å². The fourth-order valence-electron chi connectivity index (χ4n) is 10.2. The van der Waals surface area contributed by atoms with E-state index < -0.39 is 49.5 Å². The minimum atomic E-state index is -1.57. The van der Waals surface area contributed by atoms with Gasteiger partial charge in [-0.1, -0.05) is 263 Å². The number of rotatable bonds is 56. The molecule has 1 aliphatic rings. The maximum Gasteiger partial charge on any atom is 0.305 e. The van der Waals surface area contributed by atoms with Crippen molar-refractivity contribution in [3.8, 4) is 0 Å². The highest BCUT2D eigenvalue weighted by Crippen LogP contribution is 2.23. The van der Waals surface area contributed by atoms with Crippen molar-refractivity contribution in [1.29, 1.82) is 0 Å². The lowest BCUT2D eigenvalue weighted by Gasteiger charge is -2.40. The molecule has 0 radical (unpaired) electrons. The third kappa shape index (κ3) is 43.7. The van der Waals surface area contributed by atoms with E-state index in [2.05, 4.69) is 31.3 Å². The van der Waals surface area contributed by atoms with Crippen LogP contribution in [0, 0.1) is 0 Å². The van der Waals surface area contributed by atoms with Gasteiger partial charge in [0.1, 0.15) is 24.4 Å². The Hall–Kier alpha value is -1.86. The number of allylic oxidation sites excluding steroid dienone is 3. The molecule has 1 amide bonds. The van der Waals surface area contributed by atoms with E-state index in [1.54, 1.807) is 6.08 Å². The van der Waals surface area contributed by atoms with Gasteiger partial charge in [-0.15, -0.1) is 0 Å². The maximum absolute atomic E-state index is 13.0. The van der Waals surface area contributed by atoms with Crippen LogP contribution in [-0.4, -0.2) is 100 Å². The van der Waals surface area contributed by atoms with E-state index >= 15 is 0 Å². The van der Waals surface area contributed by atoms with Gasteiger partial charge in [-0.05, 0) is 57.8 Å². The molecule has 1 fully saturated rings. The average molecular weight is 1060 g/mol. The summed E-state index contributed by atoms with van der Waals surface area (Å²) in [5, 5.41) is 54.2. The fraction of sp³-hybridized carbons (Fsp3) is 0.906. The Kier molecular flexibility index (Phi) is 51.3. The summed E-state index contributed by atoms with van der Waals surface area (Å²) in [4.78, 5) is 25.1. The van der Waals surface area contributed by atoms with Gasteiger partial charge in [0.2, 0.25) is 5.91 Å². The molecule has 7 unspecified atom stereocenters. The third-order valence-corrected chi connectivity index (χ3v) is 15.3. The van der Waals surface area contributed by atoms with Crippen molar-refractivity contribution in [2.45, 2.75) is 352 Å². The van der Waals surface area contributed by atoms with E-state index in [0.29, 0.717) is 19.4 Å². The molecule has 6 N–H and O–H groups in total. The van der Waals surface area contributed by atoms with Crippen LogP contribution in [0.3, 0.4) is 0 Å². The predicted molar refractivity (Wildman–Crippen MR) is 311 cm³/mol. The molecule has 75 heavy (non-hydrogen) atoms. The average Bonchev–Trinajstić information content (AvgIpc) is 3.41. The van der Waals surface area contributed by atoms with Gasteiger partial charge >= 0.3 is 5.97 Å². The summed E-state index contributed by atoms with van der Waals surface area (Å²) in [6.07, 6.45) is 55.8. The molecular weight excluding hydrogens is 943 g/mol. The van der Waals surface area contributed by atoms with Crippen LogP contribution in [0.5, 0.6) is 0 Å². The van der Waals surface area contributed by atoms with E-state index in [0.717, 1.165) is 57.8 Å². The highest BCUT2D eigenvalue weighted by molar-refractivity contribution is 5.76. The van der Waals surface area contributed by atoms with Crippen molar-refractivity contribution in [3.05, 3.63) is 24.3 Å². The number of carbonyl (C=O) groups excluding carboxylic acids is 2. The first-order valence-electron chi connectivity index (χ1n) is 32.1. The molecule has 0 aromatic heterocycles. The molecular formula is C64H121NO10. The summed E-state index contributed by atoms with van der Waals surface area (Å²) < 4.78 is 16.7. The zero-order chi connectivity index (χ0) is 54.5. The van der Waals surface area contributed by atoms with Crippen LogP contribution in [0.25, 0.3) is 0 Å². The van der Waals surface area contributed by atoms with E-state index in [9.17, 15) is 35.1 Å². The summed E-state index contributed by atoms with van der Waals surface area (Å²) in [5.41, 5.74) is 0. The lowest BCUT2D eigenvalue weighted by molar-refractivity contribution is -0.302. The minimum Gasteiger partial charge on any atom is -0.466 e. The molecule has 0 saturated carbocycles. The molecule has 1 heterocycles. The summed E-state index contributed by atoms with van der Waals surface area (Å²) in [6, 6.07) is -0.808. The summed E-state index contributed by atoms with van der Waals surface area (Å²) in [6.45, 7) is 4.32. The SMILES string of the molecule is CCCCCCCC/C=C\CCCCCCCC(=O)OCCCCCCCCCCCCCCCCCCCCCCCCCC(=O)NC(COC1OC(CO)C(O)C(O)C1O)C(O)/C=C/CCCCCCCCC. The second kappa shape index (κ2) is 54.1. The zero-order valence-corrected chi connectivity index (χ0v) is 48.8. The first-order valence-corrected chi connectivity index (χ1v) is 32.1. The van der Waals surface area contributed by atoms with E-state index in [1.165, 1.54) is 225 Å². The number of amides is 1. The Morgan fingerprint density at radius 3 is 1.28 bits per heavy atom. The van der Waals surface area contributed by atoms with Crippen molar-refractivity contribution in [2.75, 3.05) is 19.8 Å². The predicted octanol–water partition coefficient (Wildman–Crippen LogP) is 15.3. The summed E-state index contributed by atoms with van der Waals surface area (Å²) >= 11 is 0. The summed E-state index contributed by atoms with van der Waals surface area (Å²) in [7, 11) is 0. The first-order chi connectivity index (χ1) is 36.7. The van der Waals surface area contributed by atoms with Crippen LogP contribution in [-0.2, 0) is 23.8 Å². The van der Waals surface area contributed by atoms with Crippen LogP contribution in [0.1, 0.15) is 309 Å². The van der Waals surface area contributed by atoms with Crippen molar-refractivity contribution >= 4 is 11.9 Å². The topological polar surface area (TPSA) is 175 Å². The lowest BCUT2D eigenvalue weighted by Crippen LogP contribution is -2.60. The Morgan fingerprint density at radius 2 is 0.853 bits per heavy atom. The molecule has 0 spiro atoms. The van der Waals surface area contributed by atoms with Gasteiger partial charge in [-0.3, -0.25) is 9.59 Å². The molecule has 0 aliphatic carbocycles. The van der Waals surface area contributed by atoms with Gasteiger partial charge in [0.05, 0.1) is 32.0 Å². The fourth-order valence-corrected chi connectivity index (χ4v) is 10.2. The van der Waals surface area contributed by atoms with Crippen molar-refractivity contribution in [1.82, 2.24) is 5.32 Å². The quantitative estimate of drug-likeness (QED) is 0.0195. The number of esters is 1. The maximum atomic E-state index is 13.0. The Labute approximate surface area is 461 Å². The van der Waals surface area contributed by atoms with Crippen LogP contribution in [0.2, 0.25) is 0 Å². The van der Waals surface area contributed by atoms with Gasteiger partial charge in [0.15, 0.2) is 6.29 Å². The molecule has 11 heteroatoms. The summed E-state index contributed by atoms with van der Waals surface area (Å²) in [5.74, 6) is -0.188. The molecule has 442 valence electrons. The molecule has 1 rings (SSSR count).